The molecule has 0 saturated carbocycles. The minimum absolute atomic E-state index is 0.289. The molecule has 1 N–H and O–H groups in total. The number of hydrogen-bond acceptors (Lipinski definition) is 5. The second-order valence-corrected chi connectivity index (χ2v) is 6.89. The highest BCUT2D eigenvalue weighted by Crippen LogP contribution is 2.17. The fourth-order valence-corrected chi connectivity index (χ4v) is 3.24. The number of ether oxygens (including phenoxy) is 2. The van der Waals surface area contributed by atoms with E-state index in [4.69, 9.17) is 9.47 Å². The van der Waals surface area contributed by atoms with E-state index in [9.17, 15) is 5.11 Å². The van der Waals surface area contributed by atoms with Crippen LogP contribution in [0.15, 0.2) is 42.5 Å². The number of rotatable bonds is 10. The van der Waals surface area contributed by atoms with Crippen molar-refractivity contribution in [2.75, 3.05) is 33.4 Å². The summed E-state index contributed by atoms with van der Waals surface area (Å²) in [6.45, 7) is 5.22. The van der Waals surface area contributed by atoms with Gasteiger partial charge in [-0.15, -0.1) is 11.3 Å². The quantitative estimate of drug-likeness (QED) is 0.725. The third kappa shape index (κ3) is 6.71. The van der Waals surface area contributed by atoms with E-state index in [0.29, 0.717) is 13.2 Å². The van der Waals surface area contributed by atoms with E-state index in [1.54, 1.807) is 18.4 Å². The summed E-state index contributed by atoms with van der Waals surface area (Å²) in [5.41, 5.74) is 0. The topological polar surface area (TPSA) is 41.9 Å². The summed E-state index contributed by atoms with van der Waals surface area (Å²) in [6, 6.07) is 13.8. The number of hydrogen-bond donors (Lipinski definition) is 1. The minimum Gasteiger partial charge on any atom is -0.491 e. The average Bonchev–Trinajstić information content (AvgIpc) is 2.96. The monoisotopic (exact) mass is 335 g/mol. The fraction of sp³-hybridized carbons (Fsp3) is 0.444. The lowest BCUT2D eigenvalue weighted by Gasteiger charge is -2.24. The highest BCUT2D eigenvalue weighted by atomic mass is 32.1. The van der Waals surface area contributed by atoms with Crippen molar-refractivity contribution in [1.82, 2.24) is 4.90 Å². The number of aliphatic hydroxyl groups excluding tert-OH is 1. The molecule has 0 bridgehead atoms. The van der Waals surface area contributed by atoms with Crippen molar-refractivity contribution in [3.8, 4) is 5.75 Å². The van der Waals surface area contributed by atoms with Gasteiger partial charge in [0.1, 0.15) is 18.5 Å². The lowest BCUT2D eigenvalue weighted by molar-refractivity contribution is 0.0546. The van der Waals surface area contributed by atoms with Crippen molar-refractivity contribution in [3.63, 3.8) is 0 Å². The van der Waals surface area contributed by atoms with Gasteiger partial charge in [-0.05, 0) is 31.2 Å². The van der Waals surface area contributed by atoms with Crippen LogP contribution in [-0.2, 0) is 11.3 Å². The lowest BCUT2D eigenvalue weighted by Crippen LogP contribution is -2.37. The number of aliphatic hydroxyl groups is 1. The highest BCUT2D eigenvalue weighted by Gasteiger charge is 2.14. The summed E-state index contributed by atoms with van der Waals surface area (Å²) in [6.07, 6.45) is -0.534. The maximum Gasteiger partial charge on any atom is 0.119 e. The third-order valence-electron chi connectivity index (χ3n) is 3.44. The molecule has 0 saturated heterocycles. The van der Waals surface area contributed by atoms with Crippen LogP contribution in [0.1, 0.15) is 9.75 Å². The van der Waals surface area contributed by atoms with E-state index < -0.39 is 6.10 Å². The van der Waals surface area contributed by atoms with Crippen molar-refractivity contribution in [2.24, 2.45) is 0 Å². The summed E-state index contributed by atoms with van der Waals surface area (Å²) in [7, 11) is 1.70. The molecule has 1 atom stereocenters. The zero-order valence-electron chi connectivity index (χ0n) is 13.8. The first-order valence-electron chi connectivity index (χ1n) is 7.80. The first-order valence-corrected chi connectivity index (χ1v) is 8.61. The number of nitrogens with zero attached hydrogens (tertiary/aromatic N) is 1. The van der Waals surface area contributed by atoms with Crippen molar-refractivity contribution in [1.29, 1.82) is 0 Å². The number of aryl methyl sites for hydroxylation is 1. The Morgan fingerprint density at radius 3 is 2.61 bits per heavy atom. The van der Waals surface area contributed by atoms with Crippen LogP contribution < -0.4 is 4.74 Å². The van der Waals surface area contributed by atoms with Gasteiger partial charge in [-0.25, -0.2) is 0 Å². The van der Waals surface area contributed by atoms with Gasteiger partial charge in [0, 0.05) is 36.5 Å². The van der Waals surface area contributed by atoms with Crippen LogP contribution in [0.3, 0.4) is 0 Å². The van der Waals surface area contributed by atoms with Crippen LogP contribution in [0, 0.1) is 6.92 Å². The van der Waals surface area contributed by atoms with Crippen molar-refractivity contribution < 1.29 is 14.6 Å². The Balaban J connectivity index is 1.83. The van der Waals surface area contributed by atoms with Crippen molar-refractivity contribution in [3.05, 3.63) is 52.2 Å². The number of methoxy groups -OCH3 is 1. The molecule has 2 rings (SSSR count). The normalized spacial score (nSPS) is 12.5. The molecule has 2 aromatic rings. The molecule has 0 fully saturated rings. The van der Waals surface area contributed by atoms with Crippen LogP contribution in [-0.4, -0.2) is 49.5 Å². The Kier molecular flexibility index (Phi) is 7.55. The molecule has 0 aliphatic rings. The molecule has 0 radical (unpaired) electrons. The average molecular weight is 335 g/mol. The summed E-state index contributed by atoms with van der Waals surface area (Å²) >= 11 is 1.79. The fourth-order valence-electron chi connectivity index (χ4n) is 2.31. The second kappa shape index (κ2) is 9.67. The van der Waals surface area contributed by atoms with E-state index in [1.165, 1.54) is 9.75 Å². The first-order chi connectivity index (χ1) is 11.2. The van der Waals surface area contributed by atoms with Gasteiger partial charge in [0.05, 0.1) is 6.61 Å². The first kappa shape index (κ1) is 17.9. The Labute approximate surface area is 142 Å². The van der Waals surface area contributed by atoms with E-state index in [2.05, 4.69) is 24.0 Å². The molecule has 1 aromatic carbocycles. The molecule has 0 aliphatic carbocycles. The van der Waals surface area contributed by atoms with Gasteiger partial charge in [-0.1, -0.05) is 18.2 Å². The van der Waals surface area contributed by atoms with Gasteiger partial charge in [0.2, 0.25) is 0 Å². The third-order valence-corrected chi connectivity index (χ3v) is 4.43. The highest BCUT2D eigenvalue weighted by molar-refractivity contribution is 7.11. The van der Waals surface area contributed by atoms with E-state index >= 15 is 0 Å². The van der Waals surface area contributed by atoms with Crippen molar-refractivity contribution >= 4 is 11.3 Å². The van der Waals surface area contributed by atoms with Crippen LogP contribution in [0.5, 0.6) is 5.75 Å². The summed E-state index contributed by atoms with van der Waals surface area (Å²) < 4.78 is 10.8. The van der Waals surface area contributed by atoms with Gasteiger partial charge in [-0.2, -0.15) is 0 Å². The second-order valence-electron chi connectivity index (χ2n) is 5.52. The summed E-state index contributed by atoms with van der Waals surface area (Å²) in [4.78, 5) is 4.81. The Hall–Kier alpha value is -1.40. The molecule has 0 aliphatic heterocycles. The van der Waals surface area contributed by atoms with Crippen LogP contribution in [0.4, 0.5) is 0 Å². The summed E-state index contributed by atoms with van der Waals surface area (Å²) in [5, 5.41) is 10.3. The van der Waals surface area contributed by atoms with E-state index in [-0.39, 0.29) is 6.61 Å². The molecule has 126 valence electrons. The predicted molar refractivity (Wildman–Crippen MR) is 94.2 cm³/mol. The smallest absolute Gasteiger partial charge is 0.119 e. The maximum atomic E-state index is 10.3. The summed E-state index contributed by atoms with van der Waals surface area (Å²) in [5.74, 6) is 0.781. The standard InChI is InChI=1S/C18H25NO3S/c1-15-8-9-18(23-15)13-19(10-11-21-2)12-16(20)14-22-17-6-4-3-5-7-17/h3-9,16,20H,10-14H2,1-2H3/t16-/m1/s1. The molecular weight excluding hydrogens is 310 g/mol. The van der Waals surface area contributed by atoms with Gasteiger partial charge < -0.3 is 14.6 Å². The molecule has 4 nitrogen and oxygen atoms in total. The van der Waals surface area contributed by atoms with E-state index in [0.717, 1.165) is 18.8 Å². The molecule has 23 heavy (non-hydrogen) atoms. The van der Waals surface area contributed by atoms with Gasteiger partial charge in [0.15, 0.2) is 0 Å². The zero-order valence-corrected chi connectivity index (χ0v) is 14.6. The zero-order chi connectivity index (χ0) is 16.5. The Morgan fingerprint density at radius 2 is 1.96 bits per heavy atom. The molecule has 1 heterocycles. The predicted octanol–water partition coefficient (Wildman–Crippen LogP) is 2.94. The number of para-hydroxylation sites is 1. The van der Waals surface area contributed by atoms with Crippen LogP contribution >= 0.6 is 11.3 Å². The Bertz CT molecular complexity index is 558. The van der Waals surface area contributed by atoms with Crippen LogP contribution in [0.25, 0.3) is 0 Å². The largest absolute Gasteiger partial charge is 0.491 e. The van der Waals surface area contributed by atoms with Crippen LogP contribution in [0.2, 0.25) is 0 Å². The Morgan fingerprint density at radius 1 is 1.17 bits per heavy atom. The number of thiophene rings is 1. The maximum absolute atomic E-state index is 10.3. The molecule has 0 amide bonds. The lowest BCUT2D eigenvalue weighted by atomic mass is 10.3. The molecule has 5 heteroatoms. The molecule has 1 aromatic heterocycles. The van der Waals surface area contributed by atoms with E-state index in [1.807, 2.05) is 30.3 Å². The van der Waals surface area contributed by atoms with Gasteiger partial charge in [0.25, 0.3) is 0 Å². The SMILES string of the molecule is COCCN(Cc1ccc(C)s1)C[C@@H](O)COc1ccccc1. The number of benzene rings is 1. The van der Waals surface area contributed by atoms with Gasteiger partial charge in [-0.3, -0.25) is 4.90 Å². The molecule has 0 unspecified atom stereocenters. The molecule has 0 spiro atoms. The van der Waals surface area contributed by atoms with Gasteiger partial charge >= 0.3 is 0 Å². The minimum atomic E-state index is -0.534. The molecular formula is C18H25NO3S. The van der Waals surface area contributed by atoms with Crippen molar-refractivity contribution in [2.45, 2.75) is 19.6 Å².